The van der Waals surface area contributed by atoms with Crippen molar-refractivity contribution in [1.29, 1.82) is 0 Å². The molecule has 0 bridgehead atoms. The first kappa shape index (κ1) is 10.9. The van der Waals surface area contributed by atoms with Crippen LogP contribution in [0, 0.1) is 20.8 Å². The summed E-state index contributed by atoms with van der Waals surface area (Å²) < 4.78 is 1.87. The van der Waals surface area contributed by atoms with E-state index in [0.717, 1.165) is 16.9 Å². The zero-order valence-corrected chi connectivity index (χ0v) is 9.86. The predicted octanol–water partition coefficient (Wildman–Crippen LogP) is 2.29. The molecule has 0 aliphatic carbocycles. The fourth-order valence-electron chi connectivity index (χ4n) is 1.93. The van der Waals surface area contributed by atoms with Gasteiger partial charge in [0.1, 0.15) is 0 Å². The SMILES string of the molecule is Cc1cc(C)cc(-n2ncc(CO)c2C)c1. The minimum absolute atomic E-state index is 0.0383. The Balaban J connectivity index is 2.54. The summed E-state index contributed by atoms with van der Waals surface area (Å²) in [5, 5.41) is 13.4. The molecule has 0 atom stereocenters. The Morgan fingerprint density at radius 3 is 2.25 bits per heavy atom. The van der Waals surface area contributed by atoms with Gasteiger partial charge in [-0.1, -0.05) is 6.07 Å². The van der Waals surface area contributed by atoms with Gasteiger partial charge in [0.2, 0.25) is 0 Å². The Hall–Kier alpha value is -1.61. The predicted molar refractivity (Wildman–Crippen MR) is 63.7 cm³/mol. The molecule has 1 aromatic heterocycles. The van der Waals surface area contributed by atoms with Gasteiger partial charge in [0.25, 0.3) is 0 Å². The monoisotopic (exact) mass is 216 g/mol. The molecule has 3 heteroatoms. The first-order chi connectivity index (χ1) is 7.61. The van der Waals surface area contributed by atoms with Crippen molar-refractivity contribution in [2.75, 3.05) is 0 Å². The first-order valence-corrected chi connectivity index (χ1v) is 5.35. The highest BCUT2D eigenvalue weighted by Gasteiger charge is 2.07. The van der Waals surface area contributed by atoms with E-state index in [1.54, 1.807) is 6.20 Å². The molecule has 0 saturated carbocycles. The van der Waals surface area contributed by atoms with E-state index in [2.05, 4.69) is 37.1 Å². The zero-order valence-electron chi connectivity index (χ0n) is 9.86. The number of nitrogens with zero attached hydrogens (tertiary/aromatic N) is 2. The quantitative estimate of drug-likeness (QED) is 0.836. The third-order valence-corrected chi connectivity index (χ3v) is 2.73. The van der Waals surface area contributed by atoms with E-state index in [1.807, 2.05) is 11.6 Å². The van der Waals surface area contributed by atoms with Gasteiger partial charge in [-0.3, -0.25) is 0 Å². The van der Waals surface area contributed by atoms with Gasteiger partial charge in [-0.2, -0.15) is 5.10 Å². The molecule has 1 N–H and O–H groups in total. The second-order valence-electron chi connectivity index (χ2n) is 4.17. The lowest BCUT2D eigenvalue weighted by Gasteiger charge is -2.07. The second-order valence-corrected chi connectivity index (χ2v) is 4.17. The molecule has 0 saturated heterocycles. The second kappa shape index (κ2) is 4.10. The summed E-state index contributed by atoms with van der Waals surface area (Å²) in [5.41, 5.74) is 5.35. The number of hydrogen-bond donors (Lipinski definition) is 1. The maximum absolute atomic E-state index is 9.13. The smallest absolute Gasteiger partial charge is 0.0715 e. The number of aromatic nitrogens is 2. The summed E-state index contributed by atoms with van der Waals surface area (Å²) in [5.74, 6) is 0. The molecular formula is C13H16N2O. The average molecular weight is 216 g/mol. The van der Waals surface area contributed by atoms with Crippen molar-refractivity contribution in [2.24, 2.45) is 0 Å². The fourth-order valence-corrected chi connectivity index (χ4v) is 1.93. The highest BCUT2D eigenvalue weighted by molar-refractivity contribution is 5.40. The van der Waals surface area contributed by atoms with Gasteiger partial charge in [-0.25, -0.2) is 4.68 Å². The number of aliphatic hydroxyl groups excluding tert-OH is 1. The van der Waals surface area contributed by atoms with Crippen LogP contribution in [0.4, 0.5) is 0 Å². The van der Waals surface area contributed by atoms with Crippen molar-refractivity contribution in [1.82, 2.24) is 9.78 Å². The van der Waals surface area contributed by atoms with Crippen LogP contribution >= 0.6 is 0 Å². The molecule has 0 amide bonds. The van der Waals surface area contributed by atoms with Crippen molar-refractivity contribution in [3.05, 3.63) is 46.8 Å². The van der Waals surface area contributed by atoms with Gasteiger partial charge in [0.05, 0.1) is 18.5 Å². The topological polar surface area (TPSA) is 38.0 Å². The summed E-state index contributed by atoms with van der Waals surface area (Å²) >= 11 is 0. The molecule has 2 aromatic rings. The highest BCUT2D eigenvalue weighted by atomic mass is 16.3. The minimum Gasteiger partial charge on any atom is -0.392 e. The molecule has 84 valence electrons. The van der Waals surface area contributed by atoms with Crippen molar-refractivity contribution in [3.8, 4) is 5.69 Å². The fraction of sp³-hybridized carbons (Fsp3) is 0.308. The van der Waals surface area contributed by atoms with Gasteiger partial charge >= 0.3 is 0 Å². The molecule has 0 spiro atoms. The van der Waals surface area contributed by atoms with Gasteiger partial charge in [0, 0.05) is 11.3 Å². The van der Waals surface area contributed by atoms with Crippen LogP contribution in [0.3, 0.4) is 0 Å². The van der Waals surface area contributed by atoms with Gasteiger partial charge in [0.15, 0.2) is 0 Å². The molecule has 0 fully saturated rings. The molecule has 0 aliphatic heterocycles. The molecule has 0 aliphatic rings. The Morgan fingerprint density at radius 2 is 1.75 bits per heavy atom. The first-order valence-electron chi connectivity index (χ1n) is 5.35. The lowest BCUT2D eigenvalue weighted by Crippen LogP contribution is -2.00. The van der Waals surface area contributed by atoms with Gasteiger partial charge in [-0.05, 0) is 44.0 Å². The van der Waals surface area contributed by atoms with E-state index in [9.17, 15) is 0 Å². The third-order valence-electron chi connectivity index (χ3n) is 2.73. The van der Waals surface area contributed by atoms with E-state index in [0.29, 0.717) is 0 Å². The van der Waals surface area contributed by atoms with E-state index in [-0.39, 0.29) is 6.61 Å². The summed E-state index contributed by atoms with van der Waals surface area (Å²) in [6.07, 6.45) is 1.72. The molecule has 2 rings (SSSR count). The van der Waals surface area contributed by atoms with Crippen LogP contribution in [-0.4, -0.2) is 14.9 Å². The molecule has 16 heavy (non-hydrogen) atoms. The maximum Gasteiger partial charge on any atom is 0.0715 e. The Bertz CT molecular complexity index is 494. The lowest BCUT2D eigenvalue weighted by molar-refractivity contribution is 0.281. The third kappa shape index (κ3) is 1.86. The Labute approximate surface area is 95.3 Å². The number of benzene rings is 1. The Morgan fingerprint density at radius 1 is 1.12 bits per heavy atom. The largest absolute Gasteiger partial charge is 0.392 e. The molecule has 0 radical (unpaired) electrons. The molecule has 3 nitrogen and oxygen atoms in total. The van der Waals surface area contributed by atoms with Crippen molar-refractivity contribution < 1.29 is 5.11 Å². The normalized spacial score (nSPS) is 10.8. The number of rotatable bonds is 2. The number of hydrogen-bond acceptors (Lipinski definition) is 2. The van der Waals surface area contributed by atoms with Crippen molar-refractivity contribution in [2.45, 2.75) is 27.4 Å². The van der Waals surface area contributed by atoms with Crippen LogP contribution in [0.2, 0.25) is 0 Å². The number of aliphatic hydroxyl groups is 1. The van der Waals surface area contributed by atoms with Crippen LogP contribution in [0.1, 0.15) is 22.4 Å². The standard InChI is InChI=1S/C13H16N2O/c1-9-4-10(2)6-13(5-9)15-11(3)12(8-16)7-14-15/h4-7,16H,8H2,1-3H3. The van der Waals surface area contributed by atoms with E-state index in [1.165, 1.54) is 11.1 Å². The van der Waals surface area contributed by atoms with Gasteiger partial charge in [-0.15, -0.1) is 0 Å². The molecule has 1 heterocycles. The summed E-state index contributed by atoms with van der Waals surface area (Å²) in [7, 11) is 0. The minimum atomic E-state index is 0.0383. The van der Waals surface area contributed by atoms with Crippen LogP contribution in [0.15, 0.2) is 24.4 Å². The highest BCUT2D eigenvalue weighted by Crippen LogP contribution is 2.17. The van der Waals surface area contributed by atoms with Crippen LogP contribution in [-0.2, 0) is 6.61 Å². The van der Waals surface area contributed by atoms with Crippen molar-refractivity contribution >= 4 is 0 Å². The number of aryl methyl sites for hydroxylation is 2. The summed E-state index contributed by atoms with van der Waals surface area (Å²) in [6.45, 7) is 6.15. The molecular weight excluding hydrogens is 200 g/mol. The summed E-state index contributed by atoms with van der Waals surface area (Å²) in [6, 6.07) is 6.32. The van der Waals surface area contributed by atoms with Gasteiger partial charge < -0.3 is 5.11 Å². The summed E-state index contributed by atoms with van der Waals surface area (Å²) in [4.78, 5) is 0. The Kier molecular flexibility index (Phi) is 2.79. The zero-order chi connectivity index (χ0) is 11.7. The van der Waals surface area contributed by atoms with Crippen LogP contribution in [0.25, 0.3) is 5.69 Å². The van der Waals surface area contributed by atoms with Crippen LogP contribution in [0.5, 0.6) is 0 Å². The van der Waals surface area contributed by atoms with Crippen molar-refractivity contribution in [3.63, 3.8) is 0 Å². The van der Waals surface area contributed by atoms with E-state index < -0.39 is 0 Å². The van der Waals surface area contributed by atoms with E-state index in [4.69, 9.17) is 5.11 Å². The van der Waals surface area contributed by atoms with Crippen LogP contribution < -0.4 is 0 Å². The molecule has 1 aromatic carbocycles. The van der Waals surface area contributed by atoms with E-state index >= 15 is 0 Å². The maximum atomic E-state index is 9.13. The molecule has 0 unspecified atom stereocenters. The average Bonchev–Trinajstić information content (AvgIpc) is 2.58. The lowest BCUT2D eigenvalue weighted by atomic mass is 10.1.